The van der Waals surface area contributed by atoms with Gasteiger partial charge in [0.05, 0.1) is 7.11 Å². The summed E-state index contributed by atoms with van der Waals surface area (Å²) in [7, 11) is 7.48. The van der Waals surface area contributed by atoms with Crippen molar-refractivity contribution in [3.63, 3.8) is 0 Å². The Kier molecular flexibility index (Phi) is 6.40. The minimum atomic E-state index is -0.240. The van der Waals surface area contributed by atoms with Gasteiger partial charge in [-0.25, -0.2) is 0 Å². The van der Waals surface area contributed by atoms with E-state index in [0.717, 1.165) is 27.2 Å². The van der Waals surface area contributed by atoms with Crippen molar-refractivity contribution in [3.8, 4) is 5.75 Å². The van der Waals surface area contributed by atoms with E-state index in [4.69, 9.17) is 4.74 Å². The number of thiazole rings is 1. The molecule has 1 aromatic heterocycles. The maximum absolute atomic E-state index is 14.8. The Bertz CT molecular complexity index is 904. The number of aryl methyl sites for hydroxylation is 1. The molecule has 0 amide bonds. The van der Waals surface area contributed by atoms with Gasteiger partial charge < -0.3 is 33.6 Å². The molecule has 0 aliphatic rings. The summed E-state index contributed by atoms with van der Waals surface area (Å²) in [5, 5.41) is 0.593. The molecule has 0 bridgehead atoms. The lowest BCUT2D eigenvalue weighted by Gasteiger charge is -2.11. The second kappa shape index (κ2) is 8.14. The molecule has 0 unspecified atom stereocenters. The van der Waals surface area contributed by atoms with E-state index in [9.17, 15) is 4.39 Å². The molecule has 3 nitrogen and oxygen atoms in total. The summed E-state index contributed by atoms with van der Waals surface area (Å²) in [6, 6.07) is 13.6. The van der Waals surface area contributed by atoms with Crippen molar-refractivity contribution in [2.24, 2.45) is 7.05 Å². The van der Waals surface area contributed by atoms with Gasteiger partial charge in [-0.3, -0.25) is 0 Å². The second-order valence-corrected chi connectivity index (χ2v) is 6.81. The minimum absolute atomic E-state index is 0. The van der Waals surface area contributed by atoms with Gasteiger partial charge in [-0.15, -0.1) is 0 Å². The van der Waals surface area contributed by atoms with Crippen LogP contribution in [-0.4, -0.2) is 21.2 Å². The number of benzene rings is 2. The number of halogens is 2. The molecule has 6 heteroatoms. The third-order valence-corrected chi connectivity index (χ3v) is 5.16. The van der Waals surface area contributed by atoms with Gasteiger partial charge in [-0.05, 0) is 29.8 Å². The summed E-state index contributed by atoms with van der Waals surface area (Å²) in [6.45, 7) is 0. The molecule has 0 spiro atoms. The van der Waals surface area contributed by atoms with Crippen LogP contribution >= 0.6 is 11.3 Å². The molecule has 0 radical (unpaired) electrons. The summed E-state index contributed by atoms with van der Waals surface area (Å²) in [5.74, 6) is 0.537. The lowest BCUT2D eigenvalue weighted by Crippen LogP contribution is -3.00. The fourth-order valence-corrected chi connectivity index (χ4v) is 3.63. The molecule has 3 aromatic rings. The zero-order chi connectivity index (χ0) is 17.3. The number of methoxy groups -OCH3 is 1. The van der Waals surface area contributed by atoms with E-state index < -0.39 is 0 Å². The van der Waals surface area contributed by atoms with Crippen molar-refractivity contribution >= 4 is 39.1 Å². The Morgan fingerprint density at radius 1 is 1.16 bits per heavy atom. The molecule has 0 saturated carbocycles. The number of anilines is 1. The van der Waals surface area contributed by atoms with Gasteiger partial charge >= 0.3 is 0 Å². The van der Waals surface area contributed by atoms with Crippen molar-refractivity contribution < 1.29 is 37.7 Å². The summed E-state index contributed by atoms with van der Waals surface area (Å²) in [6.07, 6.45) is 1.57. The van der Waals surface area contributed by atoms with Gasteiger partial charge in [-0.2, -0.15) is 8.96 Å². The molecule has 1 heterocycles. The van der Waals surface area contributed by atoms with Crippen molar-refractivity contribution in [2.45, 2.75) is 0 Å². The first-order valence-corrected chi connectivity index (χ1v) is 8.43. The number of nitrogens with zero attached hydrogens (tertiary/aromatic N) is 2. The first-order valence-electron chi connectivity index (χ1n) is 7.61. The van der Waals surface area contributed by atoms with Crippen LogP contribution in [0.15, 0.2) is 42.5 Å². The fourth-order valence-electron chi connectivity index (χ4n) is 2.55. The minimum Gasteiger partial charge on any atom is -1.00 e. The van der Waals surface area contributed by atoms with Crippen molar-refractivity contribution in [3.05, 3.63) is 53.0 Å². The van der Waals surface area contributed by atoms with Crippen LogP contribution in [0.2, 0.25) is 0 Å². The third-order valence-electron chi connectivity index (χ3n) is 3.95. The maximum atomic E-state index is 14.8. The lowest BCUT2D eigenvalue weighted by molar-refractivity contribution is -0.643. The van der Waals surface area contributed by atoms with Crippen LogP contribution < -0.4 is 38.2 Å². The zero-order valence-corrected chi connectivity index (χ0v) is 17.6. The van der Waals surface area contributed by atoms with Crippen LogP contribution in [0.5, 0.6) is 5.75 Å². The van der Waals surface area contributed by atoms with Gasteiger partial charge in [0.1, 0.15) is 17.5 Å². The third kappa shape index (κ3) is 4.12. The molecule has 2 aromatic carbocycles. The molecule has 0 atom stereocenters. The van der Waals surface area contributed by atoms with Crippen LogP contribution in [0.4, 0.5) is 10.1 Å². The Morgan fingerprint density at radius 2 is 1.84 bits per heavy atom. The smallest absolute Gasteiger partial charge is 0.298 e. The zero-order valence-electron chi connectivity index (χ0n) is 14.6. The average molecular weight is 470 g/mol. The monoisotopic (exact) mass is 470 g/mol. The van der Waals surface area contributed by atoms with Gasteiger partial charge in [0, 0.05) is 31.9 Å². The van der Waals surface area contributed by atoms with Gasteiger partial charge in [0.25, 0.3) is 5.01 Å². The highest BCUT2D eigenvalue weighted by atomic mass is 127. The van der Waals surface area contributed by atoms with Crippen LogP contribution in [0, 0.1) is 0 Å². The predicted octanol–water partition coefficient (Wildman–Crippen LogP) is 1.27. The normalized spacial score (nSPS) is 11.3. The molecule has 3 rings (SSSR count). The van der Waals surface area contributed by atoms with Crippen molar-refractivity contribution in [1.29, 1.82) is 0 Å². The average Bonchev–Trinajstić information content (AvgIpc) is 2.91. The summed E-state index contributed by atoms with van der Waals surface area (Å²) < 4.78 is 22.9. The van der Waals surface area contributed by atoms with E-state index in [1.807, 2.05) is 73.1 Å². The Labute approximate surface area is 168 Å². The topological polar surface area (TPSA) is 16.4 Å². The number of hydrogen-bond donors (Lipinski definition) is 0. The predicted molar refractivity (Wildman–Crippen MR) is 99.3 cm³/mol. The Morgan fingerprint density at radius 3 is 2.44 bits per heavy atom. The van der Waals surface area contributed by atoms with Crippen LogP contribution in [-0.2, 0) is 7.05 Å². The van der Waals surface area contributed by atoms with Gasteiger partial charge in [0.2, 0.25) is 11.3 Å². The molecule has 132 valence electrons. The second-order valence-electron chi connectivity index (χ2n) is 5.78. The Balaban J connectivity index is 0.00000225. The van der Waals surface area contributed by atoms with Crippen LogP contribution in [0.25, 0.3) is 22.1 Å². The van der Waals surface area contributed by atoms with Crippen molar-refractivity contribution in [1.82, 2.24) is 0 Å². The lowest BCUT2D eigenvalue weighted by atomic mass is 10.2. The van der Waals surface area contributed by atoms with E-state index in [1.165, 1.54) is 11.3 Å². The molecule has 0 aliphatic heterocycles. The van der Waals surface area contributed by atoms with Crippen molar-refractivity contribution in [2.75, 3.05) is 26.1 Å². The highest BCUT2D eigenvalue weighted by Crippen LogP contribution is 2.30. The van der Waals surface area contributed by atoms with E-state index >= 15 is 0 Å². The number of aromatic nitrogens is 1. The largest absolute Gasteiger partial charge is 1.00 e. The van der Waals surface area contributed by atoms with E-state index in [2.05, 4.69) is 0 Å². The van der Waals surface area contributed by atoms with Crippen LogP contribution in [0.3, 0.4) is 0 Å². The van der Waals surface area contributed by atoms with Crippen LogP contribution in [0.1, 0.15) is 10.6 Å². The number of fused-ring (bicyclic) bond motifs is 1. The maximum Gasteiger partial charge on any atom is 0.298 e. The van der Waals surface area contributed by atoms with E-state index in [0.29, 0.717) is 5.01 Å². The number of ether oxygens (including phenoxy) is 1. The number of rotatable bonds is 4. The molecule has 0 fully saturated rings. The molecular formula is C19H20FIN2OS. The quantitative estimate of drug-likeness (QED) is 0.422. The molecule has 0 aliphatic carbocycles. The SMILES string of the molecule is COc1ccc2c(c1)sc(/C(F)=C/c1ccc(N(C)C)cc1)[n+]2C.[I-]. The van der Waals surface area contributed by atoms with Gasteiger partial charge in [-0.1, -0.05) is 23.5 Å². The first-order chi connectivity index (χ1) is 11.5. The van der Waals surface area contributed by atoms with E-state index in [-0.39, 0.29) is 29.8 Å². The summed E-state index contributed by atoms with van der Waals surface area (Å²) in [5.41, 5.74) is 2.92. The molecule has 0 saturated heterocycles. The highest BCUT2D eigenvalue weighted by Gasteiger charge is 2.21. The summed E-state index contributed by atoms with van der Waals surface area (Å²) in [4.78, 5) is 2.02. The molecule has 0 N–H and O–H groups in total. The Hall–Kier alpha value is -1.67. The standard InChI is InChI=1S/C19H20FN2OS.HI/c1-21(2)14-7-5-13(6-8-14)11-16(20)19-22(3)17-10-9-15(23-4)12-18(17)24-19;/h5-12H,1-4H3;1H/q+1;/p-1. The highest BCUT2D eigenvalue weighted by molar-refractivity contribution is 7.19. The molecule has 25 heavy (non-hydrogen) atoms. The number of hydrogen-bond acceptors (Lipinski definition) is 3. The molecular weight excluding hydrogens is 450 g/mol. The first kappa shape index (κ1) is 19.7. The van der Waals surface area contributed by atoms with Gasteiger partial charge in [0.15, 0.2) is 0 Å². The summed E-state index contributed by atoms with van der Waals surface area (Å²) >= 11 is 1.42. The van der Waals surface area contributed by atoms with E-state index in [1.54, 1.807) is 13.2 Å². The fraction of sp³-hybridized carbons (Fsp3) is 0.211.